The minimum Gasteiger partial charge on any atom is -0.425 e. The largest absolute Gasteiger partial charge is 0.425 e. The molecule has 4 nitrogen and oxygen atoms in total. The topological polar surface area (TPSA) is 52.6 Å². The van der Waals surface area contributed by atoms with Crippen LogP contribution < -0.4 is 8.37 Å². The van der Waals surface area contributed by atoms with Crippen molar-refractivity contribution < 1.29 is 16.8 Å². The van der Waals surface area contributed by atoms with Gasteiger partial charge in [-0.1, -0.05) is 72.8 Å². The van der Waals surface area contributed by atoms with Crippen LogP contribution in [0.3, 0.4) is 0 Å². The Morgan fingerprint density at radius 1 is 0.500 bits per heavy atom. The predicted octanol–water partition coefficient (Wildman–Crippen LogP) is 10.4. The molecule has 6 heteroatoms. The molecule has 0 fully saturated rings. The van der Waals surface area contributed by atoms with Crippen molar-refractivity contribution in [3.63, 3.8) is 0 Å². The maximum Gasteiger partial charge on any atom is 0.306 e. The first-order chi connectivity index (χ1) is 21.3. The molecule has 0 spiro atoms. The molecule has 0 saturated carbocycles. The van der Waals surface area contributed by atoms with E-state index >= 15 is 0 Å². The molecule has 0 aromatic heterocycles. The van der Waals surface area contributed by atoms with Crippen LogP contribution in [0.4, 0.5) is 0 Å². The van der Waals surface area contributed by atoms with Crippen molar-refractivity contribution >= 4 is 108 Å². The lowest BCUT2D eigenvalue weighted by atomic mass is 9.81. The van der Waals surface area contributed by atoms with E-state index in [1.165, 1.54) is 49.9 Å². The molecule has 0 aliphatic heterocycles. The van der Waals surface area contributed by atoms with Gasteiger partial charge >= 0.3 is 10.1 Å². The molecule has 0 atom stereocenters. The Kier molecular flexibility index (Phi) is 5.17. The second-order valence-corrected chi connectivity index (χ2v) is 13.9. The molecule has 0 bridgehead atoms. The Hall–Kier alpha value is -4.52. The van der Waals surface area contributed by atoms with Crippen LogP contribution in [-0.2, 0) is 10.1 Å². The van der Waals surface area contributed by atoms with E-state index in [1.807, 2.05) is 30.5 Å². The zero-order chi connectivity index (χ0) is 30.1. The summed E-state index contributed by atoms with van der Waals surface area (Å²) < 4.78 is 37.1. The summed E-state index contributed by atoms with van der Waals surface area (Å²) >= 11 is 1.37. The van der Waals surface area contributed by atoms with Gasteiger partial charge in [0.2, 0.25) is 0 Å². The van der Waals surface area contributed by atoms with Gasteiger partial charge in [0, 0.05) is 38.6 Å². The van der Waals surface area contributed by atoms with Crippen LogP contribution in [0.15, 0.2) is 84.9 Å². The monoisotopic (exact) mass is 610 g/mol. The van der Waals surface area contributed by atoms with Gasteiger partial charge < -0.3 is 8.37 Å². The van der Waals surface area contributed by atoms with Crippen LogP contribution in [0.2, 0.25) is 0 Å². The molecule has 0 saturated heterocycles. The molecule has 0 unspecified atom stereocenters. The second kappa shape index (κ2) is 8.78. The molecular formula is C38H26O4S2. The molecule has 9 rings (SSSR count). The zero-order valence-electron chi connectivity index (χ0n) is 24.5. The van der Waals surface area contributed by atoms with E-state index in [0.717, 1.165) is 71.4 Å². The first-order valence-corrected chi connectivity index (χ1v) is 17.5. The highest BCUT2D eigenvalue weighted by Gasteiger charge is 2.25. The highest BCUT2D eigenvalue weighted by atomic mass is 32.2. The number of aryl methyl sites for hydroxylation is 2. The molecule has 9 aromatic carbocycles. The molecule has 0 N–H and O–H groups in total. The maximum absolute atomic E-state index is 12.5. The van der Waals surface area contributed by atoms with Gasteiger partial charge in [-0.25, -0.2) is 0 Å². The van der Waals surface area contributed by atoms with E-state index < -0.39 is 10.1 Å². The van der Waals surface area contributed by atoms with Crippen molar-refractivity contribution in [2.45, 2.75) is 13.8 Å². The van der Waals surface area contributed by atoms with Crippen LogP contribution in [0.1, 0.15) is 11.1 Å². The van der Waals surface area contributed by atoms with Crippen LogP contribution in [0, 0.1) is 13.8 Å². The lowest BCUT2D eigenvalue weighted by molar-refractivity contribution is 0.498. The van der Waals surface area contributed by atoms with Gasteiger partial charge in [0.1, 0.15) is 0 Å². The predicted molar refractivity (Wildman–Crippen MR) is 188 cm³/mol. The van der Waals surface area contributed by atoms with E-state index in [2.05, 4.69) is 74.5 Å². The molecule has 214 valence electrons. The number of hydrogen-bond donors (Lipinski definition) is 0. The van der Waals surface area contributed by atoms with E-state index in [-0.39, 0.29) is 0 Å². The smallest absolute Gasteiger partial charge is 0.306 e. The highest BCUT2D eigenvalue weighted by molar-refractivity contribution is 7.94. The van der Waals surface area contributed by atoms with E-state index in [4.69, 9.17) is 8.37 Å². The van der Waals surface area contributed by atoms with Crippen LogP contribution in [0.5, 0.6) is 11.5 Å². The summed E-state index contributed by atoms with van der Waals surface area (Å²) in [7, 11) is -3.77. The fourth-order valence-corrected chi connectivity index (χ4v) is 8.68. The molecule has 0 aliphatic rings. The van der Waals surface area contributed by atoms with E-state index in [9.17, 15) is 8.42 Å². The average molecular weight is 611 g/mol. The van der Waals surface area contributed by atoms with Crippen molar-refractivity contribution in [1.29, 1.82) is 0 Å². The maximum atomic E-state index is 12.5. The fourth-order valence-electron chi connectivity index (χ4n) is 7.85. The first kappa shape index (κ1) is 25.9. The van der Waals surface area contributed by atoms with Gasteiger partial charge in [-0.2, -0.15) is 8.42 Å². The Morgan fingerprint density at radius 3 is 1.39 bits per heavy atom. The van der Waals surface area contributed by atoms with Crippen LogP contribution >= 0.6 is 12.0 Å². The highest BCUT2D eigenvalue weighted by Crippen LogP contribution is 2.52. The van der Waals surface area contributed by atoms with Gasteiger partial charge in [0.15, 0.2) is 11.5 Å². The Morgan fingerprint density at radius 2 is 0.909 bits per heavy atom. The Balaban J connectivity index is 1.58. The zero-order valence-corrected chi connectivity index (χ0v) is 26.2. The second-order valence-electron chi connectivity index (χ2n) is 11.8. The molecule has 0 amide bonds. The van der Waals surface area contributed by atoms with Gasteiger partial charge in [-0.3, -0.25) is 0 Å². The number of fused-ring (bicyclic) bond motifs is 6. The summed E-state index contributed by atoms with van der Waals surface area (Å²) in [6.07, 6.45) is 3.06. The summed E-state index contributed by atoms with van der Waals surface area (Å²) in [5.41, 5.74) is 2.35. The molecule has 44 heavy (non-hydrogen) atoms. The molecule has 0 heterocycles. The lowest BCUT2D eigenvalue weighted by Gasteiger charge is -2.23. The minimum absolute atomic E-state index is 0.385. The molecule has 0 radical (unpaired) electrons. The minimum atomic E-state index is -3.77. The first-order valence-electron chi connectivity index (χ1n) is 14.5. The van der Waals surface area contributed by atoms with Crippen molar-refractivity contribution in [1.82, 2.24) is 0 Å². The summed E-state index contributed by atoms with van der Waals surface area (Å²) in [4.78, 5) is 0. The standard InChI is InChI=1S/C38H26O4S2/c1-19-17-29-24-14-16-28-36-32(22-10-6-8-12-26(22)38(28)42-44(4,39)40)20(2)18-30(34(24)36)23-13-15-27-35(33(23)29)31(19)21-9-5-7-11-25(21)37(27)41-43-3/h5-18H,1-4H3. The summed E-state index contributed by atoms with van der Waals surface area (Å²) in [5, 5.41) is 17.6. The SMILES string of the molecule is CSOc1c2ccccc2c2c(C)cc3c4ccc5c(OS(C)(=O)=O)c6ccccc6c6c(C)cc(c7ccc1c2c37)c4c56. The Labute approximate surface area is 258 Å². The quantitative estimate of drug-likeness (QED) is 0.0859. The van der Waals surface area contributed by atoms with Crippen molar-refractivity contribution in [2.75, 3.05) is 12.5 Å². The molecule has 9 aromatic rings. The number of rotatable bonds is 4. The van der Waals surface area contributed by atoms with Crippen molar-refractivity contribution in [3.05, 3.63) is 96.1 Å². The number of hydrogen-bond acceptors (Lipinski definition) is 5. The van der Waals surface area contributed by atoms with Crippen molar-refractivity contribution in [2.24, 2.45) is 0 Å². The van der Waals surface area contributed by atoms with E-state index in [1.54, 1.807) is 0 Å². The Bertz CT molecular complexity index is 2800. The van der Waals surface area contributed by atoms with E-state index in [0.29, 0.717) is 5.75 Å². The summed E-state index contributed by atoms with van der Waals surface area (Å²) in [6, 6.07) is 29.7. The number of benzene rings is 9. The molecule has 0 aliphatic carbocycles. The van der Waals surface area contributed by atoms with Gasteiger partial charge in [-0.15, -0.1) is 0 Å². The van der Waals surface area contributed by atoms with Crippen LogP contribution in [-0.4, -0.2) is 20.9 Å². The normalized spacial score (nSPS) is 12.8. The third kappa shape index (κ3) is 3.27. The lowest BCUT2D eigenvalue weighted by Crippen LogP contribution is -2.07. The fraction of sp³-hybridized carbons (Fsp3) is 0.105. The molecular weight excluding hydrogens is 585 g/mol. The van der Waals surface area contributed by atoms with Crippen molar-refractivity contribution in [3.8, 4) is 11.5 Å². The van der Waals surface area contributed by atoms with Gasteiger partial charge in [-0.05, 0) is 91.0 Å². The average Bonchev–Trinajstić information content (AvgIpc) is 3.01. The van der Waals surface area contributed by atoms with Crippen LogP contribution in [0.25, 0.3) is 86.2 Å². The third-order valence-electron chi connectivity index (χ3n) is 9.31. The van der Waals surface area contributed by atoms with Gasteiger partial charge in [0.05, 0.1) is 18.3 Å². The summed E-state index contributed by atoms with van der Waals surface area (Å²) in [5.74, 6) is 1.28. The van der Waals surface area contributed by atoms with Gasteiger partial charge in [0.25, 0.3) is 0 Å². The third-order valence-corrected chi connectivity index (χ3v) is 10.1. The summed E-state index contributed by atoms with van der Waals surface area (Å²) in [6.45, 7) is 4.35.